The van der Waals surface area contributed by atoms with E-state index in [2.05, 4.69) is 5.32 Å². The number of aliphatic hydroxyl groups excluding tert-OH is 1. The summed E-state index contributed by atoms with van der Waals surface area (Å²) >= 11 is 0. The van der Waals surface area contributed by atoms with Gasteiger partial charge in [0.15, 0.2) is 0 Å². The first-order chi connectivity index (χ1) is 11.1. The average Bonchev–Trinajstić information content (AvgIpc) is 2.58. The average molecular weight is 351 g/mol. The van der Waals surface area contributed by atoms with Gasteiger partial charge in [-0.1, -0.05) is 42.5 Å². The molecular formula is C18H23ClN2O3. The lowest BCUT2D eigenvalue weighted by molar-refractivity contribution is -0.122. The minimum atomic E-state index is -0.807. The Morgan fingerprint density at radius 2 is 1.92 bits per heavy atom. The zero-order valence-corrected chi connectivity index (χ0v) is 14.3. The van der Waals surface area contributed by atoms with Crippen LogP contribution in [0.5, 0.6) is 5.75 Å². The third-order valence-corrected chi connectivity index (χ3v) is 3.37. The fourth-order valence-electron chi connectivity index (χ4n) is 2.03. The molecule has 6 heteroatoms. The molecular weight excluding hydrogens is 328 g/mol. The number of benzene rings is 2. The van der Waals surface area contributed by atoms with E-state index in [1.807, 2.05) is 42.5 Å². The van der Waals surface area contributed by atoms with E-state index in [0.717, 1.165) is 5.56 Å². The summed E-state index contributed by atoms with van der Waals surface area (Å²) in [5, 5.41) is 12.8. The fraction of sp³-hybridized carbons (Fsp3) is 0.278. The van der Waals surface area contributed by atoms with Gasteiger partial charge in [-0.15, -0.1) is 12.4 Å². The number of nitrogens with one attached hydrogen (secondary N) is 1. The van der Waals surface area contributed by atoms with Gasteiger partial charge in [0.1, 0.15) is 12.4 Å². The van der Waals surface area contributed by atoms with Crippen molar-refractivity contribution >= 4 is 18.3 Å². The lowest BCUT2D eigenvalue weighted by Gasteiger charge is -2.15. The quantitative estimate of drug-likeness (QED) is 0.714. The van der Waals surface area contributed by atoms with E-state index in [1.165, 1.54) is 0 Å². The molecule has 1 amide bonds. The van der Waals surface area contributed by atoms with Crippen LogP contribution < -0.4 is 15.8 Å². The van der Waals surface area contributed by atoms with E-state index in [-0.39, 0.29) is 24.9 Å². The maximum Gasteiger partial charge on any atom is 0.236 e. The predicted octanol–water partition coefficient (Wildman–Crippen LogP) is 2.18. The number of nitrogens with two attached hydrogens (primary N) is 1. The SMILES string of the molecule is C[C@@H](N)C(=O)NCC(O)c1cccc(OCc2ccccc2)c1.Cl. The summed E-state index contributed by atoms with van der Waals surface area (Å²) in [4.78, 5) is 11.4. The van der Waals surface area contributed by atoms with Crippen LogP contribution in [-0.4, -0.2) is 23.6 Å². The minimum Gasteiger partial charge on any atom is -0.489 e. The molecule has 2 aromatic rings. The molecule has 2 rings (SSSR count). The molecule has 24 heavy (non-hydrogen) atoms. The summed E-state index contributed by atoms with van der Waals surface area (Å²) in [6.45, 7) is 2.17. The molecule has 0 aromatic heterocycles. The Morgan fingerprint density at radius 1 is 1.21 bits per heavy atom. The molecule has 0 bridgehead atoms. The van der Waals surface area contributed by atoms with Crippen molar-refractivity contribution in [2.24, 2.45) is 5.73 Å². The van der Waals surface area contributed by atoms with Crippen LogP contribution in [0.4, 0.5) is 0 Å². The summed E-state index contributed by atoms with van der Waals surface area (Å²) in [6.07, 6.45) is -0.807. The number of carbonyl (C=O) groups is 1. The second kappa shape index (κ2) is 9.93. The van der Waals surface area contributed by atoms with Crippen LogP contribution >= 0.6 is 12.4 Å². The molecule has 0 saturated carbocycles. The molecule has 0 radical (unpaired) electrons. The van der Waals surface area contributed by atoms with Crippen LogP contribution in [0.15, 0.2) is 54.6 Å². The Hall–Kier alpha value is -2.08. The van der Waals surface area contributed by atoms with Gasteiger partial charge in [0, 0.05) is 6.54 Å². The van der Waals surface area contributed by atoms with Crippen molar-refractivity contribution < 1.29 is 14.6 Å². The van der Waals surface area contributed by atoms with Crippen LogP contribution in [0.1, 0.15) is 24.2 Å². The van der Waals surface area contributed by atoms with E-state index < -0.39 is 12.1 Å². The molecule has 2 aromatic carbocycles. The molecule has 0 spiro atoms. The van der Waals surface area contributed by atoms with Crippen LogP contribution in [0.3, 0.4) is 0 Å². The summed E-state index contributed by atoms with van der Waals surface area (Å²) < 4.78 is 5.73. The normalized spacial score (nSPS) is 12.6. The second-order valence-corrected chi connectivity index (χ2v) is 5.40. The van der Waals surface area contributed by atoms with Gasteiger partial charge < -0.3 is 20.9 Å². The highest BCUT2D eigenvalue weighted by molar-refractivity contribution is 5.85. The molecule has 5 nitrogen and oxygen atoms in total. The molecule has 1 unspecified atom stereocenters. The Bertz CT molecular complexity index is 635. The molecule has 0 aliphatic carbocycles. The van der Waals surface area contributed by atoms with Gasteiger partial charge in [0.25, 0.3) is 0 Å². The van der Waals surface area contributed by atoms with Gasteiger partial charge >= 0.3 is 0 Å². The number of amides is 1. The van der Waals surface area contributed by atoms with Crippen molar-refractivity contribution in [3.63, 3.8) is 0 Å². The number of aliphatic hydroxyl groups is 1. The molecule has 0 heterocycles. The Labute approximate surface area is 148 Å². The molecule has 4 N–H and O–H groups in total. The monoisotopic (exact) mass is 350 g/mol. The van der Waals surface area contributed by atoms with Gasteiger partial charge in [-0.05, 0) is 30.2 Å². The molecule has 0 fully saturated rings. The third-order valence-electron chi connectivity index (χ3n) is 3.37. The maximum absolute atomic E-state index is 11.4. The van der Waals surface area contributed by atoms with Crippen LogP contribution in [-0.2, 0) is 11.4 Å². The summed E-state index contributed by atoms with van der Waals surface area (Å²) in [6, 6.07) is 16.5. The van der Waals surface area contributed by atoms with Gasteiger partial charge in [0.2, 0.25) is 5.91 Å². The lowest BCUT2D eigenvalue weighted by Crippen LogP contribution is -2.40. The highest BCUT2D eigenvalue weighted by atomic mass is 35.5. The Morgan fingerprint density at radius 3 is 2.58 bits per heavy atom. The smallest absolute Gasteiger partial charge is 0.236 e. The second-order valence-electron chi connectivity index (χ2n) is 5.40. The van der Waals surface area contributed by atoms with E-state index in [1.54, 1.807) is 19.1 Å². The van der Waals surface area contributed by atoms with E-state index in [4.69, 9.17) is 10.5 Å². The molecule has 0 saturated heterocycles. The standard InChI is InChI=1S/C18H22N2O3.ClH/c1-13(19)18(22)20-11-17(21)15-8-5-9-16(10-15)23-12-14-6-3-2-4-7-14;/h2-10,13,17,21H,11-12,19H2,1H3,(H,20,22);1H/t13-,17?;/m1./s1. The number of hydrogen-bond donors (Lipinski definition) is 3. The van der Waals surface area contributed by atoms with Crippen molar-refractivity contribution in [3.8, 4) is 5.75 Å². The molecule has 130 valence electrons. The fourth-order valence-corrected chi connectivity index (χ4v) is 2.03. The molecule has 0 aliphatic rings. The van der Waals surface area contributed by atoms with Crippen LogP contribution in [0.2, 0.25) is 0 Å². The first kappa shape index (κ1) is 20.0. The Balaban J connectivity index is 0.00000288. The van der Waals surface area contributed by atoms with Crippen LogP contribution in [0.25, 0.3) is 0 Å². The zero-order valence-electron chi connectivity index (χ0n) is 13.5. The van der Waals surface area contributed by atoms with Crippen molar-refractivity contribution in [1.29, 1.82) is 0 Å². The first-order valence-electron chi connectivity index (χ1n) is 7.54. The maximum atomic E-state index is 11.4. The van der Waals surface area contributed by atoms with Gasteiger partial charge in [-0.25, -0.2) is 0 Å². The summed E-state index contributed by atoms with van der Waals surface area (Å²) in [5.41, 5.74) is 7.22. The van der Waals surface area contributed by atoms with Gasteiger partial charge in [0.05, 0.1) is 12.1 Å². The van der Waals surface area contributed by atoms with Crippen molar-refractivity contribution in [2.75, 3.05) is 6.54 Å². The number of rotatable bonds is 7. The van der Waals surface area contributed by atoms with Crippen LogP contribution in [0, 0.1) is 0 Å². The van der Waals surface area contributed by atoms with Crippen molar-refractivity contribution in [1.82, 2.24) is 5.32 Å². The van der Waals surface area contributed by atoms with Gasteiger partial charge in [-0.2, -0.15) is 0 Å². The number of carbonyl (C=O) groups excluding carboxylic acids is 1. The first-order valence-corrected chi connectivity index (χ1v) is 7.54. The molecule has 0 aliphatic heterocycles. The third kappa shape index (κ3) is 6.20. The van der Waals surface area contributed by atoms with E-state index in [0.29, 0.717) is 17.9 Å². The predicted molar refractivity (Wildman–Crippen MR) is 96.1 cm³/mol. The Kier molecular flexibility index (Phi) is 8.26. The van der Waals surface area contributed by atoms with Crippen molar-refractivity contribution in [2.45, 2.75) is 25.7 Å². The van der Waals surface area contributed by atoms with E-state index >= 15 is 0 Å². The number of ether oxygens (including phenoxy) is 1. The highest BCUT2D eigenvalue weighted by Gasteiger charge is 2.12. The van der Waals surface area contributed by atoms with E-state index in [9.17, 15) is 9.90 Å². The molecule has 2 atom stereocenters. The summed E-state index contributed by atoms with van der Waals surface area (Å²) in [5.74, 6) is 0.379. The minimum absolute atomic E-state index is 0. The summed E-state index contributed by atoms with van der Waals surface area (Å²) in [7, 11) is 0. The number of hydrogen-bond acceptors (Lipinski definition) is 4. The topological polar surface area (TPSA) is 84.6 Å². The largest absolute Gasteiger partial charge is 0.489 e. The lowest BCUT2D eigenvalue weighted by atomic mass is 10.1. The highest BCUT2D eigenvalue weighted by Crippen LogP contribution is 2.20. The van der Waals surface area contributed by atoms with Crippen molar-refractivity contribution in [3.05, 3.63) is 65.7 Å². The van der Waals surface area contributed by atoms with Gasteiger partial charge in [-0.3, -0.25) is 4.79 Å². The number of halogens is 1. The zero-order chi connectivity index (χ0) is 16.7.